The molecule has 1 rings (SSSR count). The van der Waals surface area contributed by atoms with Gasteiger partial charge < -0.3 is 16.4 Å². The third-order valence-electron chi connectivity index (χ3n) is 3.08. The van der Waals surface area contributed by atoms with E-state index in [0.29, 0.717) is 16.9 Å². The Kier molecular flexibility index (Phi) is 6.19. The lowest BCUT2D eigenvalue weighted by molar-refractivity contribution is 0.0751. The zero-order chi connectivity index (χ0) is 14.3. The minimum Gasteiger partial charge on any atom is -0.399 e. The summed E-state index contributed by atoms with van der Waals surface area (Å²) in [5.74, 6) is 0.0286. The van der Waals surface area contributed by atoms with Crippen LogP contribution in [0.1, 0.15) is 49.9 Å². The first-order valence-corrected chi connectivity index (χ1v) is 7.03. The Balaban J connectivity index is 2.84. The Labute approximate surface area is 115 Å². The van der Waals surface area contributed by atoms with Crippen molar-refractivity contribution in [2.75, 3.05) is 24.6 Å². The summed E-state index contributed by atoms with van der Waals surface area (Å²) < 4.78 is 0. The number of hydrogen-bond donors (Lipinski definition) is 2. The Morgan fingerprint density at radius 2 is 1.47 bits per heavy atom. The summed E-state index contributed by atoms with van der Waals surface area (Å²) in [6.45, 7) is 5.84. The quantitative estimate of drug-likeness (QED) is 0.743. The molecular weight excluding hydrogens is 238 g/mol. The van der Waals surface area contributed by atoms with Gasteiger partial charge in [-0.2, -0.15) is 0 Å². The fourth-order valence-corrected chi connectivity index (χ4v) is 2.00. The highest BCUT2D eigenvalue weighted by Crippen LogP contribution is 2.16. The Bertz CT molecular complexity index is 390. The molecular formula is C15H25N3O. The van der Waals surface area contributed by atoms with Crippen LogP contribution in [-0.2, 0) is 0 Å². The molecule has 4 N–H and O–H groups in total. The van der Waals surface area contributed by atoms with Gasteiger partial charge in [-0.3, -0.25) is 4.79 Å². The second kappa shape index (κ2) is 7.67. The van der Waals surface area contributed by atoms with Crippen molar-refractivity contribution < 1.29 is 4.79 Å². The molecule has 0 saturated carbocycles. The fraction of sp³-hybridized carbons (Fsp3) is 0.533. The molecule has 0 aliphatic rings. The number of rotatable bonds is 7. The van der Waals surface area contributed by atoms with E-state index in [1.807, 2.05) is 4.90 Å². The maximum atomic E-state index is 12.5. The van der Waals surface area contributed by atoms with Gasteiger partial charge in [-0.15, -0.1) is 0 Å². The predicted molar refractivity (Wildman–Crippen MR) is 81.0 cm³/mol. The first-order valence-electron chi connectivity index (χ1n) is 7.03. The van der Waals surface area contributed by atoms with E-state index in [1.54, 1.807) is 18.2 Å². The molecule has 0 aliphatic heterocycles. The van der Waals surface area contributed by atoms with E-state index in [9.17, 15) is 4.79 Å². The summed E-state index contributed by atoms with van der Waals surface area (Å²) in [7, 11) is 0. The molecule has 0 fully saturated rings. The van der Waals surface area contributed by atoms with Crippen molar-refractivity contribution in [2.45, 2.75) is 39.5 Å². The molecule has 0 atom stereocenters. The number of carbonyl (C=O) groups is 1. The van der Waals surface area contributed by atoms with Crippen LogP contribution in [0.25, 0.3) is 0 Å². The van der Waals surface area contributed by atoms with Gasteiger partial charge in [0.05, 0.1) is 0 Å². The summed E-state index contributed by atoms with van der Waals surface area (Å²) >= 11 is 0. The first kappa shape index (κ1) is 15.3. The van der Waals surface area contributed by atoms with Crippen molar-refractivity contribution in [3.05, 3.63) is 23.8 Å². The molecule has 19 heavy (non-hydrogen) atoms. The highest BCUT2D eigenvalue weighted by Gasteiger charge is 2.15. The first-order chi connectivity index (χ1) is 9.08. The van der Waals surface area contributed by atoms with E-state index in [2.05, 4.69) is 13.8 Å². The van der Waals surface area contributed by atoms with Crippen LogP contribution in [0, 0.1) is 0 Å². The highest BCUT2D eigenvalue weighted by atomic mass is 16.2. The zero-order valence-corrected chi connectivity index (χ0v) is 12.0. The topological polar surface area (TPSA) is 72.3 Å². The third-order valence-corrected chi connectivity index (χ3v) is 3.08. The van der Waals surface area contributed by atoms with Gasteiger partial charge in [0.2, 0.25) is 0 Å². The van der Waals surface area contributed by atoms with Crippen LogP contribution in [0.3, 0.4) is 0 Å². The fourth-order valence-electron chi connectivity index (χ4n) is 2.00. The van der Waals surface area contributed by atoms with Crippen molar-refractivity contribution in [3.63, 3.8) is 0 Å². The zero-order valence-electron chi connectivity index (χ0n) is 12.0. The molecule has 0 aromatic heterocycles. The molecule has 0 radical (unpaired) electrons. The van der Waals surface area contributed by atoms with Crippen LogP contribution in [0.5, 0.6) is 0 Å². The molecule has 0 aliphatic carbocycles. The van der Waals surface area contributed by atoms with Crippen LogP contribution in [0.4, 0.5) is 11.4 Å². The predicted octanol–water partition coefficient (Wildman–Crippen LogP) is 2.89. The minimum absolute atomic E-state index is 0.0286. The Hall–Kier alpha value is -1.71. The molecule has 0 bridgehead atoms. The van der Waals surface area contributed by atoms with E-state index in [4.69, 9.17) is 11.5 Å². The van der Waals surface area contributed by atoms with Gasteiger partial charge in [0.1, 0.15) is 0 Å². The lowest BCUT2D eigenvalue weighted by atomic mass is 10.1. The van der Waals surface area contributed by atoms with Gasteiger partial charge >= 0.3 is 0 Å². The van der Waals surface area contributed by atoms with Crippen molar-refractivity contribution in [1.82, 2.24) is 4.90 Å². The Morgan fingerprint density at radius 1 is 1.00 bits per heavy atom. The largest absolute Gasteiger partial charge is 0.399 e. The summed E-state index contributed by atoms with van der Waals surface area (Å²) in [6, 6.07) is 5.06. The van der Waals surface area contributed by atoms with Gasteiger partial charge in [0.15, 0.2) is 0 Å². The number of benzene rings is 1. The van der Waals surface area contributed by atoms with Gasteiger partial charge in [-0.05, 0) is 31.0 Å². The second-order valence-electron chi connectivity index (χ2n) is 4.89. The number of amides is 1. The number of nitrogens with two attached hydrogens (primary N) is 2. The van der Waals surface area contributed by atoms with E-state index >= 15 is 0 Å². The molecule has 0 saturated heterocycles. The van der Waals surface area contributed by atoms with Crippen molar-refractivity contribution in [1.29, 1.82) is 0 Å². The average molecular weight is 263 g/mol. The molecule has 0 spiro atoms. The molecule has 1 aromatic carbocycles. The van der Waals surface area contributed by atoms with Crippen molar-refractivity contribution in [3.8, 4) is 0 Å². The standard InChI is InChI=1S/C15H25N3O/c1-3-5-7-18(8-6-4-2)15(19)12-9-13(16)11-14(17)10-12/h9-11H,3-8,16-17H2,1-2H3. The molecule has 0 heterocycles. The number of unbranched alkanes of at least 4 members (excludes halogenated alkanes) is 2. The summed E-state index contributed by atoms with van der Waals surface area (Å²) in [6.07, 6.45) is 4.20. The van der Waals surface area contributed by atoms with Crippen molar-refractivity contribution >= 4 is 17.3 Å². The number of hydrogen-bond acceptors (Lipinski definition) is 3. The molecule has 1 aromatic rings. The van der Waals surface area contributed by atoms with Crippen LogP contribution in [-0.4, -0.2) is 23.9 Å². The monoisotopic (exact) mass is 263 g/mol. The number of anilines is 2. The third kappa shape index (κ3) is 4.81. The maximum Gasteiger partial charge on any atom is 0.254 e. The van der Waals surface area contributed by atoms with Crippen LogP contribution >= 0.6 is 0 Å². The minimum atomic E-state index is 0.0286. The van der Waals surface area contributed by atoms with E-state index < -0.39 is 0 Å². The average Bonchev–Trinajstić information content (AvgIpc) is 2.37. The SMILES string of the molecule is CCCCN(CCCC)C(=O)c1cc(N)cc(N)c1. The smallest absolute Gasteiger partial charge is 0.254 e. The second-order valence-corrected chi connectivity index (χ2v) is 4.89. The van der Waals surface area contributed by atoms with E-state index in [1.165, 1.54) is 0 Å². The molecule has 4 heteroatoms. The summed E-state index contributed by atoms with van der Waals surface area (Å²) in [5.41, 5.74) is 13.2. The van der Waals surface area contributed by atoms with Gasteiger partial charge in [0, 0.05) is 30.0 Å². The number of nitrogens with zero attached hydrogens (tertiary/aromatic N) is 1. The lowest BCUT2D eigenvalue weighted by Gasteiger charge is -2.22. The van der Waals surface area contributed by atoms with Crippen LogP contribution in [0.2, 0.25) is 0 Å². The molecule has 0 unspecified atom stereocenters. The normalized spacial score (nSPS) is 10.4. The van der Waals surface area contributed by atoms with Crippen LogP contribution < -0.4 is 11.5 Å². The van der Waals surface area contributed by atoms with Gasteiger partial charge in [0.25, 0.3) is 5.91 Å². The number of carbonyl (C=O) groups excluding carboxylic acids is 1. The van der Waals surface area contributed by atoms with E-state index in [0.717, 1.165) is 38.8 Å². The molecule has 4 nitrogen and oxygen atoms in total. The summed E-state index contributed by atoms with van der Waals surface area (Å²) in [5, 5.41) is 0. The number of nitrogen functional groups attached to an aromatic ring is 2. The maximum absolute atomic E-state index is 12.5. The lowest BCUT2D eigenvalue weighted by Crippen LogP contribution is -2.33. The van der Waals surface area contributed by atoms with Crippen molar-refractivity contribution in [2.24, 2.45) is 0 Å². The molecule has 106 valence electrons. The van der Waals surface area contributed by atoms with E-state index in [-0.39, 0.29) is 5.91 Å². The van der Waals surface area contributed by atoms with Gasteiger partial charge in [-0.1, -0.05) is 26.7 Å². The summed E-state index contributed by atoms with van der Waals surface area (Å²) in [4.78, 5) is 14.4. The Morgan fingerprint density at radius 3 is 1.89 bits per heavy atom. The van der Waals surface area contributed by atoms with Gasteiger partial charge in [-0.25, -0.2) is 0 Å². The molecule has 1 amide bonds. The highest BCUT2D eigenvalue weighted by molar-refractivity contribution is 5.96. The van der Waals surface area contributed by atoms with Crippen LogP contribution in [0.15, 0.2) is 18.2 Å².